The maximum Gasteiger partial charge on any atom is 0.323 e. The fourth-order valence-corrected chi connectivity index (χ4v) is 2.38. The minimum Gasteiger partial charge on any atom is -0.480 e. The Morgan fingerprint density at radius 1 is 1.53 bits per heavy atom. The van der Waals surface area contributed by atoms with Crippen LogP contribution in [0.2, 0.25) is 0 Å². The Morgan fingerprint density at radius 2 is 2.24 bits per heavy atom. The first-order valence-corrected chi connectivity index (χ1v) is 6.03. The smallest absolute Gasteiger partial charge is 0.323 e. The normalized spacial score (nSPS) is 19.1. The Bertz CT molecular complexity index is 394. The van der Waals surface area contributed by atoms with Crippen LogP contribution in [0.4, 0.5) is 0 Å². The van der Waals surface area contributed by atoms with Gasteiger partial charge in [0.25, 0.3) is 0 Å². The van der Waals surface area contributed by atoms with E-state index in [9.17, 15) is 9.90 Å². The minimum absolute atomic E-state index is 0.424. The summed E-state index contributed by atoms with van der Waals surface area (Å²) in [5.74, 6) is -0.0675. The Labute approximate surface area is 100 Å². The molecule has 0 bridgehead atoms. The van der Waals surface area contributed by atoms with Crippen molar-refractivity contribution < 1.29 is 14.4 Å². The van der Waals surface area contributed by atoms with E-state index in [1.54, 1.807) is 0 Å². The topological polar surface area (TPSA) is 75.4 Å². The first kappa shape index (κ1) is 12.1. The summed E-state index contributed by atoms with van der Waals surface area (Å²) in [6, 6.07) is 1.82. The van der Waals surface area contributed by atoms with Gasteiger partial charge in [-0.25, -0.2) is 0 Å². The molecule has 0 amide bonds. The van der Waals surface area contributed by atoms with Gasteiger partial charge in [0, 0.05) is 6.07 Å². The fourth-order valence-electron chi connectivity index (χ4n) is 2.38. The van der Waals surface area contributed by atoms with Gasteiger partial charge in [-0.1, -0.05) is 24.4 Å². The molecule has 0 aliphatic heterocycles. The van der Waals surface area contributed by atoms with Crippen molar-refractivity contribution in [1.82, 2.24) is 10.5 Å². The molecule has 17 heavy (non-hydrogen) atoms. The number of carboxylic acid groups (broad SMARTS) is 1. The van der Waals surface area contributed by atoms with Gasteiger partial charge in [-0.05, 0) is 19.8 Å². The zero-order valence-corrected chi connectivity index (χ0v) is 10.0. The molecule has 0 aromatic carbocycles. The molecule has 1 saturated carbocycles. The molecule has 94 valence electrons. The molecule has 1 aliphatic rings. The maximum atomic E-state index is 11.4. The fraction of sp³-hybridized carbons (Fsp3) is 0.667. The molecule has 0 unspecified atom stereocenters. The highest BCUT2D eigenvalue weighted by Crippen LogP contribution is 2.28. The van der Waals surface area contributed by atoms with E-state index in [0.29, 0.717) is 25.1 Å². The van der Waals surface area contributed by atoms with Crippen LogP contribution in [0, 0.1) is 6.92 Å². The number of nitrogens with one attached hydrogen (secondary N) is 1. The predicted octanol–water partition coefficient (Wildman–Crippen LogP) is 1.86. The third-order valence-corrected chi connectivity index (χ3v) is 3.39. The summed E-state index contributed by atoms with van der Waals surface area (Å²) >= 11 is 0. The highest BCUT2D eigenvalue weighted by Gasteiger charge is 2.39. The second kappa shape index (κ2) is 4.87. The third kappa shape index (κ3) is 2.66. The number of aromatic nitrogens is 1. The zero-order valence-electron chi connectivity index (χ0n) is 10.0. The molecule has 2 N–H and O–H groups in total. The largest absolute Gasteiger partial charge is 0.480 e. The Morgan fingerprint density at radius 3 is 2.76 bits per heavy atom. The van der Waals surface area contributed by atoms with Crippen LogP contribution in [-0.4, -0.2) is 21.8 Å². The first-order valence-electron chi connectivity index (χ1n) is 6.03. The number of hydrogen-bond acceptors (Lipinski definition) is 4. The lowest BCUT2D eigenvalue weighted by Gasteiger charge is -2.33. The standard InChI is InChI=1S/C12H18N2O3/c1-9-7-10(17-14-9)8-13-12(11(15)16)5-3-2-4-6-12/h7,13H,2-6,8H2,1H3,(H,15,16). The van der Waals surface area contributed by atoms with E-state index in [-0.39, 0.29) is 0 Å². The summed E-state index contributed by atoms with van der Waals surface area (Å²) < 4.78 is 5.07. The molecule has 1 heterocycles. The molecule has 1 aliphatic carbocycles. The van der Waals surface area contributed by atoms with Crippen LogP contribution in [0.25, 0.3) is 0 Å². The average molecular weight is 238 g/mol. The highest BCUT2D eigenvalue weighted by molar-refractivity contribution is 5.78. The minimum atomic E-state index is -0.779. The van der Waals surface area contributed by atoms with Crippen molar-refractivity contribution >= 4 is 5.97 Å². The predicted molar refractivity (Wildman–Crippen MR) is 61.5 cm³/mol. The zero-order chi connectivity index (χ0) is 12.3. The van der Waals surface area contributed by atoms with Crippen LogP contribution in [0.1, 0.15) is 43.6 Å². The molecular formula is C12H18N2O3. The lowest BCUT2D eigenvalue weighted by Crippen LogP contribution is -2.52. The summed E-state index contributed by atoms with van der Waals surface area (Å²) in [4.78, 5) is 11.4. The van der Waals surface area contributed by atoms with Crippen molar-refractivity contribution in [2.24, 2.45) is 0 Å². The van der Waals surface area contributed by atoms with Gasteiger partial charge in [-0.2, -0.15) is 0 Å². The van der Waals surface area contributed by atoms with Gasteiger partial charge < -0.3 is 9.63 Å². The molecule has 0 atom stereocenters. The lowest BCUT2D eigenvalue weighted by molar-refractivity contribution is -0.146. The summed E-state index contributed by atoms with van der Waals surface area (Å²) in [5, 5.41) is 16.3. The van der Waals surface area contributed by atoms with Gasteiger partial charge in [-0.15, -0.1) is 0 Å². The summed E-state index contributed by atoms with van der Waals surface area (Å²) in [5.41, 5.74) is 0.0358. The van der Waals surface area contributed by atoms with Gasteiger partial charge in [0.2, 0.25) is 0 Å². The van der Waals surface area contributed by atoms with Crippen molar-refractivity contribution in [2.45, 2.75) is 51.1 Å². The summed E-state index contributed by atoms with van der Waals surface area (Å²) in [7, 11) is 0. The van der Waals surface area contributed by atoms with Crippen molar-refractivity contribution in [3.05, 3.63) is 17.5 Å². The summed E-state index contributed by atoms with van der Waals surface area (Å²) in [6.07, 6.45) is 4.44. The van der Waals surface area contributed by atoms with E-state index in [4.69, 9.17) is 4.52 Å². The number of hydrogen-bond donors (Lipinski definition) is 2. The number of rotatable bonds is 4. The van der Waals surface area contributed by atoms with Gasteiger partial charge in [-0.3, -0.25) is 10.1 Å². The highest BCUT2D eigenvalue weighted by atomic mass is 16.5. The van der Waals surface area contributed by atoms with E-state index in [0.717, 1.165) is 25.0 Å². The van der Waals surface area contributed by atoms with Gasteiger partial charge in [0.1, 0.15) is 5.54 Å². The van der Waals surface area contributed by atoms with Crippen LogP contribution in [0.5, 0.6) is 0 Å². The second-order valence-corrected chi connectivity index (χ2v) is 4.74. The van der Waals surface area contributed by atoms with Crippen LogP contribution in [0.3, 0.4) is 0 Å². The molecule has 5 nitrogen and oxygen atoms in total. The SMILES string of the molecule is Cc1cc(CNC2(C(=O)O)CCCCC2)on1. The van der Waals surface area contributed by atoms with Crippen molar-refractivity contribution in [1.29, 1.82) is 0 Å². The summed E-state index contributed by atoms with van der Waals surface area (Å²) in [6.45, 7) is 2.27. The molecule has 0 spiro atoms. The van der Waals surface area contributed by atoms with Gasteiger partial charge in [0.15, 0.2) is 5.76 Å². The lowest BCUT2D eigenvalue weighted by atomic mass is 9.81. The molecule has 1 aromatic rings. The van der Waals surface area contributed by atoms with Crippen LogP contribution in [0.15, 0.2) is 10.6 Å². The van der Waals surface area contributed by atoms with Crippen LogP contribution < -0.4 is 5.32 Å². The molecule has 0 saturated heterocycles. The van der Waals surface area contributed by atoms with Gasteiger partial charge >= 0.3 is 5.97 Å². The Kier molecular flexibility index (Phi) is 3.47. The second-order valence-electron chi connectivity index (χ2n) is 4.74. The number of aliphatic carboxylic acids is 1. The molecule has 1 aromatic heterocycles. The van der Waals surface area contributed by atoms with E-state index in [1.165, 1.54) is 0 Å². The van der Waals surface area contributed by atoms with Crippen LogP contribution >= 0.6 is 0 Å². The average Bonchev–Trinajstić information content (AvgIpc) is 2.74. The molecular weight excluding hydrogens is 220 g/mol. The van der Waals surface area contributed by atoms with Crippen molar-refractivity contribution in [2.75, 3.05) is 0 Å². The monoisotopic (exact) mass is 238 g/mol. The maximum absolute atomic E-state index is 11.4. The Hall–Kier alpha value is -1.36. The molecule has 1 fully saturated rings. The number of carbonyl (C=O) groups is 1. The number of nitrogens with zero attached hydrogens (tertiary/aromatic N) is 1. The molecule has 2 rings (SSSR count). The van der Waals surface area contributed by atoms with E-state index in [2.05, 4.69) is 10.5 Å². The van der Waals surface area contributed by atoms with Gasteiger partial charge in [0.05, 0.1) is 12.2 Å². The van der Waals surface area contributed by atoms with E-state index < -0.39 is 11.5 Å². The Balaban J connectivity index is 2.00. The number of aryl methyl sites for hydroxylation is 1. The van der Waals surface area contributed by atoms with Crippen LogP contribution in [-0.2, 0) is 11.3 Å². The molecule has 0 radical (unpaired) electrons. The molecule has 5 heteroatoms. The van der Waals surface area contributed by atoms with Crippen molar-refractivity contribution in [3.63, 3.8) is 0 Å². The van der Waals surface area contributed by atoms with E-state index in [1.807, 2.05) is 13.0 Å². The van der Waals surface area contributed by atoms with E-state index >= 15 is 0 Å². The number of carboxylic acids is 1. The van der Waals surface area contributed by atoms with Crippen molar-refractivity contribution in [3.8, 4) is 0 Å². The first-order chi connectivity index (χ1) is 8.12. The quantitative estimate of drug-likeness (QED) is 0.837. The third-order valence-electron chi connectivity index (χ3n) is 3.39.